The van der Waals surface area contributed by atoms with Crippen molar-refractivity contribution in [2.24, 2.45) is 10.2 Å². The minimum Gasteiger partial charge on any atom is -0.744 e. The predicted octanol–water partition coefficient (Wildman–Crippen LogP) is -5.41. The van der Waals surface area contributed by atoms with Crippen molar-refractivity contribution in [1.82, 2.24) is 4.98 Å². The van der Waals surface area contributed by atoms with Gasteiger partial charge in [0.2, 0.25) is 10.9 Å². The monoisotopic (exact) mass is 611 g/mol. The van der Waals surface area contributed by atoms with E-state index in [1.165, 1.54) is 36.4 Å². The normalized spacial score (nSPS) is 12.6. The number of aromatic amines is 1. The fourth-order valence-corrected chi connectivity index (χ4v) is 4.72. The molecular formula is C24H15N5Na2O8S2. The van der Waals surface area contributed by atoms with Gasteiger partial charge in [-0.3, -0.25) is 20.4 Å². The van der Waals surface area contributed by atoms with Crippen molar-refractivity contribution < 1.29 is 85.1 Å². The minimum atomic E-state index is -4.59. The fraction of sp³-hybridized carbons (Fsp3) is 0. The molecule has 17 heteroatoms. The zero-order valence-electron chi connectivity index (χ0n) is 21.4. The second-order valence-electron chi connectivity index (χ2n) is 8.20. The molecule has 41 heavy (non-hydrogen) atoms. The third-order valence-corrected chi connectivity index (χ3v) is 7.41. The molecule has 0 aliphatic rings. The Kier molecular flexibility index (Phi) is 10.1. The Labute approximate surface area is 275 Å². The number of fused-ring (bicyclic) bond motifs is 3. The van der Waals surface area contributed by atoms with Crippen molar-refractivity contribution in [3.05, 3.63) is 104 Å². The molecule has 0 fully saturated rings. The van der Waals surface area contributed by atoms with E-state index in [4.69, 9.17) is 0 Å². The van der Waals surface area contributed by atoms with Crippen LogP contribution in [0.3, 0.4) is 0 Å². The molecular weight excluding hydrogens is 596 g/mol. The summed E-state index contributed by atoms with van der Waals surface area (Å²) in [5.74, 6) is 0. The van der Waals surface area contributed by atoms with Gasteiger partial charge in [-0.25, -0.2) is 16.8 Å². The summed E-state index contributed by atoms with van der Waals surface area (Å²) in [4.78, 5) is 28.1. The molecule has 5 rings (SSSR count). The molecule has 0 saturated heterocycles. The smallest absolute Gasteiger partial charge is 0.744 e. The van der Waals surface area contributed by atoms with Gasteiger partial charge in [-0.2, -0.15) is 10.2 Å². The number of hydrogen-bond acceptors (Lipinski definition) is 12. The number of nitrogens with zero attached hydrogens (tertiary/aromatic N) is 2. The summed E-state index contributed by atoms with van der Waals surface area (Å²) in [6.45, 7) is 0. The second kappa shape index (κ2) is 12.7. The van der Waals surface area contributed by atoms with E-state index in [1.807, 2.05) is 0 Å². The summed E-state index contributed by atoms with van der Waals surface area (Å²) in [7, 11) is -9.18. The summed E-state index contributed by atoms with van der Waals surface area (Å²) in [5, 5.41) is 9.08. The van der Waals surface area contributed by atoms with Gasteiger partial charge >= 0.3 is 59.1 Å². The summed E-state index contributed by atoms with van der Waals surface area (Å²) in [5.41, 5.74) is 5.19. The average molecular weight is 612 g/mol. The molecule has 0 aliphatic carbocycles. The van der Waals surface area contributed by atoms with Crippen LogP contribution in [-0.2, 0) is 20.2 Å². The van der Waals surface area contributed by atoms with E-state index < -0.39 is 40.9 Å². The number of anilines is 2. The third-order valence-electron chi connectivity index (χ3n) is 5.71. The minimum absolute atomic E-state index is 0. The number of H-pyrrole nitrogens is 1. The Balaban J connectivity index is 0.00000231. The van der Waals surface area contributed by atoms with E-state index in [9.17, 15) is 35.5 Å². The predicted molar refractivity (Wildman–Crippen MR) is 138 cm³/mol. The van der Waals surface area contributed by atoms with E-state index in [2.05, 4.69) is 26.0 Å². The van der Waals surface area contributed by atoms with Crippen LogP contribution in [0.25, 0.3) is 21.8 Å². The van der Waals surface area contributed by atoms with Gasteiger partial charge in [-0.05, 0) is 72.8 Å². The Morgan fingerprint density at radius 3 is 1.22 bits per heavy atom. The van der Waals surface area contributed by atoms with Gasteiger partial charge in [-0.15, -0.1) is 0 Å². The van der Waals surface area contributed by atoms with Gasteiger partial charge in [0.1, 0.15) is 31.0 Å². The van der Waals surface area contributed by atoms with Crippen molar-refractivity contribution in [3.8, 4) is 0 Å². The first-order valence-electron chi connectivity index (χ1n) is 10.9. The molecule has 1 heterocycles. The zero-order chi connectivity index (χ0) is 27.9. The van der Waals surface area contributed by atoms with Crippen molar-refractivity contribution in [2.75, 3.05) is 10.9 Å². The van der Waals surface area contributed by atoms with Crippen LogP contribution in [0.2, 0.25) is 0 Å². The van der Waals surface area contributed by atoms with Crippen LogP contribution < -0.4 is 91.5 Å². The van der Waals surface area contributed by atoms with Crippen molar-refractivity contribution >= 4 is 53.4 Å². The van der Waals surface area contributed by atoms with Crippen molar-refractivity contribution in [3.63, 3.8) is 0 Å². The van der Waals surface area contributed by atoms with E-state index >= 15 is 0 Å². The van der Waals surface area contributed by atoms with Gasteiger partial charge in [0.05, 0.1) is 32.2 Å². The molecule has 0 spiro atoms. The van der Waals surface area contributed by atoms with Crippen LogP contribution >= 0.6 is 0 Å². The Bertz CT molecular complexity index is 2050. The summed E-state index contributed by atoms with van der Waals surface area (Å²) >= 11 is 0. The molecule has 5 aromatic rings. The third kappa shape index (κ3) is 7.03. The molecule has 0 amide bonds. The molecule has 0 radical (unpaired) electrons. The van der Waals surface area contributed by atoms with Gasteiger partial charge in [0.25, 0.3) is 0 Å². The van der Waals surface area contributed by atoms with Crippen LogP contribution in [0.1, 0.15) is 0 Å². The summed E-state index contributed by atoms with van der Waals surface area (Å²) < 4.78 is 66.3. The van der Waals surface area contributed by atoms with Gasteiger partial charge in [-0.1, -0.05) is 0 Å². The number of nitrogens with one attached hydrogen (secondary N) is 3. The first-order chi connectivity index (χ1) is 18.4. The number of hydrogen-bond donors (Lipinski definition) is 3. The summed E-state index contributed by atoms with van der Waals surface area (Å²) in [6.07, 6.45) is 0. The molecule has 0 unspecified atom stereocenters. The van der Waals surface area contributed by atoms with E-state index in [-0.39, 0.29) is 80.9 Å². The quantitative estimate of drug-likeness (QED) is 0.0942. The Hall–Kier alpha value is -2.70. The van der Waals surface area contributed by atoms with E-state index in [0.717, 1.165) is 24.3 Å². The van der Waals surface area contributed by atoms with Crippen LogP contribution in [0.15, 0.2) is 102 Å². The molecule has 198 valence electrons. The SMILES string of the molecule is O=c1c(=NNc2ccc(S(=O)(=O)[O-])cc2)ccc2c1[nH]c1c(=O)c(=NNc3ccc(S(=O)(=O)[O-])cc3)ccc12.[Na+].[Na+]. The molecule has 0 atom stereocenters. The Morgan fingerprint density at radius 2 is 0.902 bits per heavy atom. The van der Waals surface area contributed by atoms with Crippen LogP contribution in [0.4, 0.5) is 11.4 Å². The topological polar surface area (TPSA) is 213 Å². The van der Waals surface area contributed by atoms with Gasteiger partial charge in [0, 0.05) is 10.8 Å². The fourth-order valence-electron chi connectivity index (χ4n) is 3.78. The largest absolute Gasteiger partial charge is 1.00 e. The maximum atomic E-state index is 13.0. The molecule has 0 bridgehead atoms. The molecule has 0 saturated carbocycles. The zero-order valence-corrected chi connectivity index (χ0v) is 27.0. The Morgan fingerprint density at radius 1 is 0.561 bits per heavy atom. The first kappa shape index (κ1) is 32.8. The molecule has 4 aromatic carbocycles. The second-order valence-corrected chi connectivity index (χ2v) is 11.0. The van der Waals surface area contributed by atoms with Crippen molar-refractivity contribution in [2.45, 2.75) is 9.79 Å². The van der Waals surface area contributed by atoms with Gasteiger partial charge in [0.15, 0.2) is 0 Å². The number of benzene rings is 4. The van der Waals surface area contributed by atoms with Crippen LogP contribution in [0.5, 0.6) is 0 Å². The standard InChI is InChI=1S/C24H17N5O8S2.2Na/c30-23-19(28-26-13-1-5-15(6-2-13)38(32,33)34)11-9-17-18-10-12-20(24(31)22(18)25-21(17)23)29-27-14-3-7-16(8-4-14)39(35,36)37;;/h1-12,25-27H,(H,32,33,34)(H,35,36,37);;/q;2*+1/p-2. The van der Waals surface area contributed by atoms with E-state index in [1.54, 1.807) is 12.1 Å². The number of rotatable bonds is 6. The van der Waals surface area contributed by atoms with Gasteiger partial charge < -0.3 is 14.1 Å². The molecule has 13 nitrogen and oxygen atoms in total. The maximum absolute atomic E-state index is 13.0. The summed E-state index contributed by atoms with van der Waals surface area (Å²) in [6, 6.07) is 15.9. The molecule has 1 aromatic heterocycles. The maximum Gasteiger partial charge on any atom is 1.00 e. The number of aromatic nitrogens is 1. The van der Waals surface area contributed by atoms with Crippen molar-refractivity contribution in [1.29, 1.82) is 0 Å². The molecule has 0 aliphatic heterocycles. The molecule has 3 N–H and O–H groups in total. The van der Waals surface area contributed by atoms with Crippen LogP contribution in [-0.4, -0.2) is 30.9 Å². The first-order valence-corrected chi connectivity index (χ1v) is 13.7. The average Bonchev–Trinajstić information content (AvgIpc) is 3.28. The van der Waals surface area contributed by atoms with Crippen LogP contribution in [0, 0.1) is 0 Å². The van der Waals surface area contributed by atoms with E-state index in [0.29, 0.717) is 22.1 Å².